The Hall–Kier alpha value is -4.56. The van der Waals surface area contributed by atoms with Gasteiger partial charge in [-0.2, -0.15) is 0 Å². The number of aliphatic hydroxyl groups is 1. The van der Waals surface area contributed by atoms with Crippen LogP contribution in [0.3, 0.4) is 0 Å². The Bertz CT molecular complexity index is 1770. The summed E-state index contributed by atoms with van der Waals surface area (Å²) in [4.78, 5) is 26.8. The van der Waals surface area contributed by atoms with Crippen molar-refractivity contribution in [1.82, 2.24) is 4.90 Å². The van der Waals surface area contributed by atoms with Crippen LogP contribution in [-0.2, 0) is 18.8 Å². The Balaban J connectivity index is 0.000000219. The second-order valence-electron chi connectivity index (χ2n) is 12.6. The first-order valence-corrected chi connectivity index (χ1v) is 17.9. The summed E-state index contributed by atoms with van der Waals surface area (Å²) in [5, 5.41) is 11.0. The highest BCUT2D eigenvalue weighted by Gasteiger charge is 2.36. The predicted octanol–water partition coefficient (Wildman–Crippen LogP) is 9.05. The van der Waals surface area contributed by atoms with E-state index < -0.39 is 5.60 Å². The number of nitrogens with zero attached hydrogens (tertiary/aromatic N) is 1. The molecule has 2 unspecified atom stereocenters. The zero-order valence-corrected chi connectivity index (χ0v) is 30.2. The lowest BCUT2D eigenvalue weighted by Crippen LogP contribution is -2.48. The second-order valence-corrected chi connectivity index (χ2v) is 13.9. The first-order chi connectivity index (χ1) is 24.2. The van der Waals surface area contributed by atoms with E-state index in [0.29, 0.717) is 50.3 Å². The molecular formula is C43H44BrNO5. The van der Waals surface area contributed by atoms with Gasteiger partial charge in [-0.1, -0.05) is 107 Å². The normalized spacial score (nSPS) is 15.1. The van der Waals surface area contributed by atoms with E-state index in [1.807, 2.05) is 141 Å². The fourth-order valence-corrected chi connectivity index (χ4v) is 6.13. The van der Waals surface area contributed by atoms with Crippen molar-refractivity contribution in [2.45, 2.75) is 56.4 Å². The van der Waals surface area contributed by atoms with Crippen LogP contribution in [0.4, 0.5) is 0 Å². The minimum Gasteiger partial charge on any atom is -0.489 e. The number of rotatable bonds is 12. The summed E-state index contributed by atoms with van der Waals surface area (Å²) in [6.45, 7) is 6.19. The van der Waals surface area contributed by atoms with Gasteiger partial charge in [0.15, 0.2) is 11.6 Å². The molecular weight excluding hydrogens is 690 g/mol. The fourth-order valence-electron chi connectivity index (χ4n) is 5.87. The van der Waals surface area contributed by atoms with E-state index in [0.717, 1.165) is 28.2 Å². The van der Waals surface area contributed by atoms with Gasteiger partial charge in [0.2, 0.25) is 0 Å². The Morgan fingerprint density at radius 3 is 1.46 bits per heavy atom. The number of benzene rings is 5. The molecule has 0 spiro atoms. The maximum atomic E-state index is 13.0. The predicted molar refractivity (Wildman–Crippen MR) is 202 cm³/mol. The zero-order valence-electron chi connectivity index (χ0n) is 28.6. The van der Waals surface area contributed by atoms with Crippen molar-refractivity contribution in [2.24, 2.45) is 0 Å². The molecule has 2 atom stereocenters. The number of carbonyl (C=O) groups is 2. The highest BCUT2D eigenvalue weighted by Crippen LogP contribution is 2.33. The first kappa shape index (κ1) is 36.7. The summed E-state index contributed by atoms with van der Waals surface area (Å²) in [7, 11) is 0. The Morgan fingerprint density at radius 1 is 0.640 bits per heavy atom. The Morgan fingerprint density at radius 2 is 1.04 bits per heavy atom. The standard InChI is InChI=1S/C27H29NO3.C16H15BrO2/c1-21(28-18-16-27(30,17-19-28)24-10-6-3-7-11-24)26(29)23-12-14-25(15-13-23)31-20-22-8-4-2-5-9-22;1-12(17)16(18)14-7-9-15(10-8-14)19-11-13-5-3-2-4-6-13/h2-15,21,30H,16-20H2,1H3;2-10,12H,11H2,1H3. The third-order valence-corrected chi connectivity index (χ3v) is 9.41. The molecule has 258 valence electrons. The molecule has 1 aliphatic rings. The summed E-state index contributed by atoms with van der Waals surface area (Å²) in [5.41, 5.74) is 3.76. The Kier molecular flexibility index (Phi) is 13.1. The van der Waals surface area contributed by atoms with Crippen molar-refractivity contribution >= 4 is 27.5 Å². The first-order valence-electron chi connectivity index (χ1n) is 17.0. The molecule has 0 aromatic heterocycles. The molecule has 0 saturated carbocycles. The molecule has 0 radical (unpaired) electrons. The molecule has 1 N–H and O–H groups in total. The number of hydrogen-bond donors (Lipinski definition) is 1. The van der Waals surface area contributed by atoms with E-state index in [1.165, 1.54) is 0 Å². The smallest absolute Gasteiger partial charge is 0.179 e. The quantitative estimate of drug-likeness (QED) is 0.102. The molecule has 5 aromatic rings. The molecule has 1 heterocycles. The van der Waals surface area contributed by atoms with Gasteiger partial charge in [-0.15, -0.1) is 0 Å². The van der Waals surface area contributed by atoms with Gasteiger partial charge in [0.1, 0.15) is 24.7 Å². The van der Waals surface area contributed by atoms with Crippen LogP contribution in [0.5, 0.6) is 11.5 Å². The lowest BCUT2D eigenvalue weighted by atomic mass is 9.84. The Labute approximate surface area is 303 Å². The van der Waals surface area contributed by atoms with Crippen molar-refractivity contribution in [3.8, 4) is 11.5 Å². The van der Waals surface area contributed by atoms with E-state index in [1.54, 1.807) is 12.1 Å². The summed E-state index contributed by atoms with van der Waals surface area (Å²) >= 11 is 3.28. The van der Waals surface area contributed by atoms with Crippen molar-refractivity contribution in [2.75, 3.05) is 13.1 Å². The van der Waals surface area contributed by atoms with Gasteiger partial charge in [-0.3, -0.25) is 14.5 Å². The summed E-state index contributed by atoms with van der Waals surface area (Å²) < 4.78 is 11.5. The molecule has 1 saturated heterocycles. The average Bonchev–Trinajstić information content (AvgIpc) is 3.17. The van der Waals surface area contributed by atoms with E-state index in [-0.39, 0.29) is 22.4 Å². The SMILES string of the molecule is CC(Br)C(=O)c1ccc(OCc2ccccc2)cc1.CC(C(=O)c1ccc(OCc2ccccc2)cc1)N1CCC(O)(c2ccccc2)CC1. The molecule has 1 fully saturated rings. The van der Waals surface area contributed by atoms with Crippen LogP contribution in [0.15, 0.2) is 140 Å². The largest absolute Gasteiger partial charge is 0.489 e. The van der Waals surface area contributed by atoms with Gasteiger partial charge in [-0.05, 0) is 91.9 Å². The van der Waals surface area contributed by atoms with Gasteiger partial charge in [0.05, 0.1) is 16.5 Å². The number of Topliss-reactive ketones (excluding diaryl/α,β-unsaturated/α-hetero) is 2. The molecule has 1 aliphatic heterocycles. The average molecular weight is 735 g/mol. The summed E-state index contributed by atoms with van der Waals surface area (Å²) in [6, 6.07) is 44.2. The third kappa shape index (κ3) is 10.2. The summed E-state index contributed by atoms with van der Waals surface area (Å²) in [6.07, 6.45) is 1.25. The van der Waals surface area contributed by atoms with Crippen molar-refractivity contribution < 1.29 is 24.2 Å². The molecule has 6 nitrogen and oxygen atoms in total. The number of carbonyl (C=O) groups excluding carboxylic acids is 2. The van der Waals surface area contributed by atoms with E-state index in [2.05, 4.69) is 20.8 Å². The molecule has 0 amide bonds. The van der Waals surface area contributed by atoms with Crippen LogP contribution in [-0.4, -0.2) is 45.5 Å². The molecule has 50 heavy (non-hydrogen) atoms. The number of hydrogen-bond acceptors (Lipinski definition) is 6. The van der Waals surface area contributed by atoms with Gasteiger partial charge in [0.25, 0.3) is 0 Å². The zero-order chi connectivity index (χ0) is 35.3. The van der Waals surface area contributed by atoms with E-state index >= 15 is 0 Å². The van der Waals surface area contributed by atoms with E-state index in [4.69, 9.17) is 9.47 Å². The highest BCUT2D eigenvalue weighted by molar-refractivity contribution is 9.10. The van der Waals surface area contributed by atoms with Crippen molar-refractivity contribution in [3.05, 3.63) is 167 Å². The molecule has 0 bridgehead atoms. The van der Waals surface area contributed by atoms with Gasteiger partial charge >= 0.3 is 0 Å². The van der Waals surface area contributed by atoms with Gasteiger partial charge in [0, 0.05) is 24.2 Å². The fraction of sp³-hybridized carbons (Fsp3) is 0.256. The van der Waals surface area contributed by atoms with Gasteiger partial charge < -0.3 is 14.6 Å². The minimum absolute atomic E-state index is 0.0783. The van der Waals surface area contributed by atoms with E-state index in [9.17, 15) is 14.7 Å². The number of piperidine rings is 1. The van der Waals surface area contributed by atoms with Crippen LogP contribution < -0.4 is 9.47 Å². The topological polar surface area (TPSA) is 76.1 Å². The number of ketones is 2. The molecule has 5 aromatic carbocycles. The minimum atomic E-state index is -0.807. The third-order valence-electron chi connectivity index (χ3n) is 9.00. The van der Waals surface area contributed by atoms with Crippen molar-refractivity contribution in [1.29, 1.82) is 0 Å². The number of likely N-dealkylation sites (tertiary alicyclic amines) is 1. The second kappa shape index (κ2) is 17.9. The number of ether oxygens (including phenoxy) is 2. The molecule has 6 rings (SSSR count). The van der Waals surface area contributed by atoms with Crippen LogP contribution in [0.1, 0.15) is 64.1 Å². The highest BCUT2D eigenvalue weighted by atomic mass is 79.9. The van der Waals surface area contributed by atoms with Crippen LogP contribution >= 0.6 is 15.9 Å². The van der Waals surface area contributed by atoms with Crippen LogP contribution in [0.25, 0.3) is 0 Å². The lowest BCUT2D eigenvalue weighted by Gasteiger charge is -2.40. The van der Waals surface area contributed by atoms with Crippen LogP contribution in [0, 0.1) is 0 Å². The lowest BCUT2D eigenvalue weighted by molar-refractivity contribution is -0.0318. The molecule has 0 aliphatic carbocycles. The maximum absolute atomic E-state index is 13.0. The van der Waals surface area contributed by atoms with Crippen molar-refractivity contribution in [3.63, 3.8) is 0 Å². The number of halogens is 1. The van der Waals surface area contributed by atoms with Crippen LogP contribution in [0.2, 0.25) is 0 Å². The number of alkyl halides is 1. The van der Waals surface area contributed by atoms with Gasteiger partial charge in [-0.25, -0.2) is 0 Å². The monoisotopic (exact) mass is 733 g/mol. The maximum Gasteiger partial charge on any atom is 0.179 e. The molecule has 7 heteroatoms. The summed E-state index contributed by atoms with van der Waals surface area (Å²) in [5.74, 6) is 1.69.